The van der Waals surface area contributed by atoms with Crippen LogP contribution in [0.25, 0.3) is 0 Å². The molecule has 1 heterocycles. The van der Waals surface area contributed by atoms with Crippen LogP contribution in [0.1, 0.15) is 38.7 Å². The molecule has 0 radical (unpaired) electrons. The lowest BCUT2D eigenvalue weighted by atomic mass is 9.92. The molecule has 1 atom stereocenters. The first-order chi connectivity index (χ1) is 10.1. The molecular formula is C18H26N2O. The number of hydrogen-bond acceptors (Lipinski definition) is 2. The van der Waals surface area contributed by atoms with Gasteiger partial charge in [0.1, 0.15) is 0 Å². The van der Waals surface area contributed by atoms with E-state index < -0.39 is 0 Å². The highest BCUT2D eigenvalue weighted by Gasteiger charge is 2.53. The summed E-state index contributed by atoms with van der Waals surface area (Å²) in [6.07, 6.45) is 3.10. The molecule has 0 bridgehead atoms. The SMILES string of the molecule is CC(C)CC1CNCCN1C(=O)C1(c2ccccc2)CC1. The van der Waals surface area contributed by atoms with Gasteiger partial charge in [0.25, 0.3) is 0 Å². The van der Waals surface area contributed by atoms with Gasteiger partial charge in [0.15, 0.2) is 0 Å². The van der Waals surface area contributed by atoms with Crippen molar-refractivity contribution in [3.63, 3.8) is 0 Å². The maximum Gasteiger partial charge on any atom is 0.233 e. The van der Waals surface area contributed by atoms with Crippen LogP contribution in [0.5, 0.6) is 0 Å². The van der Waals surface area contributed by atoms with Gasteiger partial charge in [-0.25, -0.2) is 0 Å². The molecule has 3 rings (SSSR count). The lowest BCUT2D eigenvalue weighted by Gasteiger charge is -2.39. The zero-order valence-corrected chi connectivity index (χ0v) is 13.1. The first-order valence-corrected chi connectivity index (χ1v) is 8.21. The van der Waals surface area contributed by atoms with E-state index >= 15 is 0 Å². The predicted octanol–water partition coefficient (Wildman–Crippen LogP) is 2.56. The van der Waals surface area contributed by atoms with Crippen molar-refractivity contribution in [2.75, 3.05) is 19.6 Å². The van der Waals surface area contributed by atoms with Crippen molar-refractivity contribution in [1.82, 2.24) is 10.2 Å². The lowest BCUT2D eigenvalue weighted by molar-refractivity contribution is -0.137. The highest BCUT2D eigenvalue weighted by atomic mass is 16.2. The number of amides is 1. The molecule has 2 fully saturated rings. The molecule has 3 nitrogen and oxygen atoms in total. The summed E-state index contributed by atoms with van der Waals surface area (Å²) in [6, 6.07) is 10.7. The summed E-state index contributed by atoms with van der Waals surface area (Å²) in [5, 5.41) is 3.44. The number of hydrogen-bond donors (Lipinski definition) is 1. The van der Waals surface area contributed by atoms with Crippen molar-refractivity contribution >= 4 is 5.91 Å². The van der Waals surface area contributed by atoms with Crippen LogP contribution in [-0.4, -0.2) is 36.5 Å². The number of rotatable bonds is 4. The highest BCUT2D eigenvalue weighted by Crippen LogP contribution is 2.50. The van der Waals surface area contributed by atoms with Gasteiger partial charge >= 0.3 is 0 Å². The molecule has 1 amide bonds. The second-order valence-electron chi connectivity index (χ2n) is 6.93. The molecule has 1 aliphatic heterocycles. The number of benzene rings is 1. The molecule has 1 saturated heterocycles. The fourth-order valence-electron chi connectivity index (χ4n) is 3.57. The number of carbonyl (C=O) groups is 1. The number of nitrogens with one attached hydrogen (secondary N) is 1. The molecule has 1 aliphatic carbocycles. The van der Waals surface area contributed by atoms with Gasteiger partial charge in [-0.15, -0.1) is 0 Å². The van der Waals surface area contributed by atoms with Gasteiger partial charge in [-0.1, -0.05) is 44.2 Å². The van der Waals surface area contributed by atoms with Gasteiger partial charge in [0, 0.05) is 25.7 Å². The zero-order chi connectivity index (χ0) is 14.9. The van der Waals surface area contributed by atoms with E-state index in [1.807, 2.05) is 18.2 Å². The Morgan fingerprint density at radius 1 is 1.33 bits per heavy atom. The van der Waals surface area contributed by atoms with Gasteiger partial charge in [-0.2, -0.15) is 0 Å². The van der Waals surface area contributed by atoms with Gasteiger partial charge in [0.05, 0.1) is 5.41 Å². The summed E-state index contributed by atoms with van der Waals surface area (Å²) >= 11 is 0. The summed E-state index contributed by atoms with van der Waals surface area (Å²) in [7, 11) is 0. The zero-order valence-electron chi connectivity index (χ0n) is 13.1. The van der Waals surface area contributed by atoms with Crippen LogP contribution >= 0.6 is 0 Å². The third kappa shape index (κ3) is 2.84. The van der Waals surface area contributed by atoms with Crippen molar-refractivity contribution in [2.45, 2.75) is 44.6 Å². The maximum atomic E-state index is 13.2. The maximum absolute atomic E-state index is 13.2. The topological polar surface area (TPSA) is 32.3 Å². The molecule has 1 N–H and O–H groups in total. The summed E-state index contributed by atoms with van der Waals surface area (Å²) in [5.41, 5.74) is 0.991. The molecular weight excluding hydrogens is 260 g/mol. The highest BCUT2D eigenvalue weighted by molar-refractivity contribution is 5.91. The average molecular weight is 286 g/mol. The van der Waals surface area contributed by atoms with Crippen molar-refractivity contribution in [2.24, 2.45) is 5.92 Å². The van der Waals surface area contributed by atoms with Gasteiger partial charge < -0.3 is 10.2 Å². The Hall–Kier alpha value is -1.35. The monoisotopic (exact) mass is 286 g/mol. The van der Waals surface area contributed by atoms with E-state index in [1.165, 1.54) is 5.56 Å². The number of piperazine rings is 1. The normalized spacial score (nSPS) is 24.1. The minimum absolute atomic E-state index is 0.214. The average Bonchev–Trinajstić information content (AvgIpc) is 3.29. The Morgan fingerprint density at radius 3 is 2.67 bits per heavy atom. The van der Waals surface area contributed by atoms with E-state index in [9.17, 15) is 4.79 Å². The van der Waals surface area contributed by atoms with E-state index in [0.717, 1.165) is 38.9 Å². The van der Waals surface area contributed by atoms with Crippen molar-refractivity contribution in [3.8, 4) is 0 Å². The quantitative estimate of drug-likeness (QED) is 0.922. The molecule has 114 valence electrons. The van der Waals surface area contributed by atoms with Crippen molar-refractivity contribution in [1.29, 1.82) is 0 Å². The minimum atomic E-state index is -0.214. The molecule has 1 unspecified atom stereocenters. The Morgan fingerprint density at radius 2 is 2.05 bits per heavy atom. The standard InChI is InChI=1S/C18H26N2O/c1-14(2)12-16-13-19-10-11-20(16)17(21)18(8-9-18)15-6-4-3-5-7-15/h3-7,14,16,19H,8-13H2,1-2H3. The largest absolute Gasteiger partial charge is 0.336 e. The van der Waals surface area contributed by atoms with Crippen LogP contribution < -0.4 is 5.32 Å². The Bertz CT molecular complexity index is 493. The van der Waals surface area contributed by atoms with Crippen LogP contribution in [-0.2, 0) is 10.2 Å². The molecule has 1 aromatic carbocycles. The number of nitrogens with zero attached hydrogens (tertiary/aromatic N) is 1. The first kappa shape index (κ1) is 14.6. The minimum Gasteiger partial charge on any atom is -0.336 e. The van der Waals surface area contributed by atoms with Gasteiger partial charge in [-0.3, -0.25) is 4.79 Å². The van der Waals surface area contributed by atoms with Crippen LogP contribution in [0.4, 0.5) is 0 Å². The lowest BCUT2D eigenvalue weighted by Crippen LogP contribution is -2.56. The van der Waals surface area contributed by atoms with Gasteiger partial charge in [-0.05, 0) is 30.7 Å². The number of carbonyl (C=O) groups excluding carboxylic acids is 1. The van der Waals surface area contributed by atoms with E-state index in [-0.39, 0.29) is 5.41 Å². The molecule has 1 aromatic rings. The van der Waals surface area contributed by atoms with Crippen molar-refractivity contribution < 1.29 is 4.79 Å². The van der Waals surface area contributed by atoms with Crippen molar-refractivity contribution in [3.05, 3.63) is 35.9 Å². The second-order valence-corrected chi connectivity index (χ2v) is 6.93. The summed E-state index contributed by atoms with van der Waals surface area (Å²) in [6.45, 7) is 7.19. The second kappa shape index (κ2) is 5.80. The fraction of sp³-hybridized carbons (Fsp3) is 0.611. The van der Waals surface area contributed by atoms with Crippen LogP contribution in [0, 0.1) is 5.92 Å². The molecule has 2 aliphatic rings. The van der Waals surface area contributed by atoms with Crippen LogP contribution in [0.3, 0.4) is 0 Å². The third-order valence-electron chi connectivity index (χ3n) is 4.84. The van der Waals surface area contributed by atoms with Crippen LogP contribution in [0.15, 0.2) is 30.3 Å². The van der Waals surface area contributed by atoms with Gasteiger partial charge in [0.2, 0.25) is 5.91 Å². The molecule has 21 heavy (non-hydrogen) atoms. The summed E-state index contributed by atoms with van der Waals surface area (Å²) < 4.78 is 0. The summed E-state index contributed by atoms with van der Waals surface area (Å²) in [5.74, 6) is 0.984. The fourth-order valence-corrected chi connectivity index (χ4v) is 3.57. The molecule has 1 saturated carbocycles. The van der Waals surface area contributed by atoms with E-state index in [0.29, 0.717) is 17.9 Å². The third-order valence-corrected chi connectivity index (χ3v) is 4.84. The van der Waals surface area contributed by atoms with E-state index in [2.05, 4.69) is 36.2 Å². The Kier molecular flexibility index (Phi) is 4.03. The smallest absolute Gasteiger partial charge is 0.233 e. The Labute approximate surface area is 127 Å². The van der Waals surface area contributed by atoms with Crippen LogP contribution in [0.2, 0.25) is 0 Å². The first-order valence-electron chi connectivity index (χ1n) is 8.21. The molecule has 3 heteroatoms. The Balaban J connectivity index is 1.80. The molecule has 0 aromatic heterocycles. The van der Waals surface area contributed by atoms with E-state index in [1.54, 1.807) is 0 Å². The van der Waals surface area contributed by atoms with E-state index in [4.69, 9.17) is 0 Å². The summed E-state index contributed by atoms with van der Waals surface area (Å²) in [4.78, 5) is 15.3. The predicted molar refractivity (Wildman–Crippen MR) is 85.2 cm³/mol. The molecule has 0 spiro atoms.